The van der Waals surface area contributed by atoms with Gasteiger partial charge in [0, 0.05) is 30.5 Å². The molecule has 1 heterocycles. The Hall–Kier alpha value is -2.72. The van der Waals surface area contributed by atoms with Crippen LogP contribution in [0.3, 0.4) is 0 Å². The highest BCUT2D eigenvalue weighted by molar-refractivity contribution is 9.10. The number of nitrogens with zero attached hydrogens (tertiary/aromatic N) is 2. The van der Waals surface area contributed by atoms with Gasteiger partial charge in [0.1, 0.15) is 10.9 Å². The first kappa shape index (κ1) is 26.9. The van der Waals surface area contributed by atoms with E-state index in [-0.39, 0.29) is 48.2 Å². The van der Waals surface area contributed by atoms with Crippen LogP contribution in [0.1, 0.15) is 55.5 Å². The van der Waals surface area contributed by atoms with Crippen molar-refractivity contribution in [3.8, 4) is 0 Å². The summed E-state index contributed by atoms with van der Waals surface area (Å²) in [5.41, 5.74) is 1.01. The zero-order chi connectivity index (χ0) is 25.6. The average Bonchev–Trinajstić information content (AvgIpc) is 3.04. The maximum Gasteiger partial charge on any atom is 0.269 e. The lowest BCUT2D eigenvalue weighted by molar-refractivity contribution is -0.140. The second-order valence-corrected chi connectivity index (χ2v) is 11.2. The topological polar surface area (TPSA) is 104 Å². The smallest absolute Gasteiger partial charge is 0.269 e. The van der Waals surface area contributed by atoms with Gasteiger partial charge in [0.25, 0.3) is 15.9 Å². The van der Waals surface area contributed by atoms with E-state index in [1.165, 1.54) is 17.0 Å². The maximum absolute atomic E-state index is 13.2. The predicted molar refractivity (Wildman–Crippen MR) is 136 cm³/mol. The second-order valence-electron chi connectivity index (χ2n) is 8.45. The maximum atomic E-state index is 13.2. The zero-order valence-corrected chi connectivity index (χ0v) is 22.3. The first-order valence-corrected chi connectivity index (χ1v) is 13.9. The number of hydrogen-bond acceptors (Lipinski definition) is 5. The molecule has 1 aliphatic heterocycles. The van der Waals surface area contributed by atoms with E-state index in [0.717, 1.165) is 27.2 Å². The molecule has 8 nitrogen and oxygen atoms in total. The molecule has 1 N–H and O–H groups in total. The predicted octanol–water partition coefficient (Wildman–Crippen LogP) is 3.71. The third-order valence-electron chi connectivity index (χ3n) is 5.93. The fourth-order valence-corrected chi connectivity index (χ4v) is 5.75. The van der Waals surface area contributed by atoms with Gasteiger partial charge in [0.2, 0.25) is 11.8 Å². The molecule has 0 aliphatic carbocycles. The van der Waals surface area contributed by atoms with Gasteiger partial charge in [-0.05, 0) is 49.6 Å². The highest BCUT2D eigenvalue weighted by Gasteiger charge is 2.40. The molecule has 0 fully saturated rings. The lowest BCUT2D eigenvalue weighted by Gasteiger charge is -2.29. The third-order valence-corrected chi connectivity index (χ3v) is 8.30. The van der Waals surface area contributed by atoms with Gasteiger partial charge in [-0.3, -0.25) is 14.4 Å². The summed E-state index contributed by atoms with van der Waals surface area (Å²) < 4.78 is 27.2. The molecule has 2 aromatic carbocycles. The van der Waals surface area contributed by atoms with Crippen molar-refractivity contribution in [2.24, 2.45) is 0 Å². The fraction of sp³-hybridized carbons (Fsp3) is 0.400. The summed E-state index contributed by atoms with van der Waals surface area (Å²) in [6.07, 6.45) is 1.94. The van der Waals surface area contributed by atoms with Gasteiger partial charge in [-0.1, -0.05) is 53.5 Å². The van der Waals surface area contributed by atoms with Crippen LogP contribution < -0.4 is 5.32 Å². The van der Waals surface area contributed by atoms with E-state index in [4.69, 9.17) is 0 Å². The van der Waals surface area contributed by atoms with Crippen LogP contribution in [0.15, 0.2) is 57.9 Å². The van der Waals surface area contributed by atoms with E-state index in [1.54, 1.807) is 19.1 Å². The Bertz CT molecular complexity index is 1180. The van der Waals surface area contributed by atoms with Crippen LogP contribution in [0, 0.1) is 0 Å². The average molecular weight is 565 g/mol. The molecule has 1 unspecified atom stereocenters. The van der Waals surface area contributed by atoms with Crippen molar-refractivity contribution in [1.29, 1.82) is 0 Å². The summed E-state index contributed by atoms with van der Waals surface area (Å²) in [5.74, 6) is -1.10. The number of benzene rings is 2. The van der Waals surface area contributed by atoms with Gasteiger partial charge in [0.15, 0.2) is 0 Å². The van der Waals surface area contributed by atoms with E-state index in [0.29, 0.717) is 6.54 Å². The molecule has 3 amide bonds. The van der Waals surface area contributed by atoms with Crippen LogP contribution in [-0.4, -0.2) is 54.5 Å². The van der Waals surface area contributed by atoms with Gasteiger partial charge in [-0.15, -0.1) is 0 Å². The Kier molecular flexibility index (Phi) is 9.07. The summed E-state index contributed by atoms with van der Waals surface area (Å²) in [6, 6.07) is 12.9. The Morgan fingerprint density at radius 1 is 1.09 bits per heavy atom. The van der Waals surface area contributed by atoms with Crippen LogP contribution in [0.25, 0.3) is 0 Å². The molecule has 0 saturated carbocycles. The number of nitrogens with one attached hydrogen (secondary N) is 1. The first-order valence-electron chi connectivity index (χ1n) is 11.6. The lowest BCUT2D eigenvalue weighted by atomic mass is 10.1. The van der Waals surface area contributed by atoms with Gasteiger partial charge >= 0.3 is 0 Å². The third kappa shape index (κ3) is 6.29. The molecule has 0 spiro atoms. The van der Waals surface area contributed by atoms with Crippen molar-refractivity contribution < 1.29 is 22.8 Å². The van der Waals surface area contributed by atoms with E-state index in [9.17, 15) is 22.8 Å². The standard InChI is InChI=1S/C25H30BrN3O5S/c1-3-4-15-27-24(31)18(2)28(17-19-11-13-20(26)14-12-19)23(30)10-7-16-29-25(32)21-8-5-6-9-22(21)35(29,33)34/h5-6,8-9,11-14,18H,3-4,7,10,15-17H2,1-2H3,(H,27,31). The number of halogens is 1. The normalized spacial score (nSPS) is 14.9. The minimum Gasteiger partial charge on any atom is -0.354 e. The van der Waals surface area contributed by atoms with Crippen molar-refractivity contribution in [3.05, 3.63) is 64.1 Å². The van der Waals surface area contributed by atoms with Crippen LogP contribution in [0.5, 0.6) is 0 Å². The van der Waals surface area contributed by atoms with Crippen molar-refractivity contribution in [2.75, 3.05) is 13.1 Å². The number of hydrogen-bond donors (Lipinski definition) is 1. The fourth-order valence-electron chi connectivity index (χ4n) is 3.87. The minimum absolute atomic E-state index is 0.00124. The van der Waals surface area contributed by atoms with Gasteiger partial charge in [-0.2, -0.15) is 0 Å². The van der Waals surface area contributed by atoms with E-state index in [2.05, 4.69) is 21.2 Å². The summed E-state index contributed by atoms with van der Waals surface area (Å²) in [7, 11) is -3.92. The van der Waals surface area contributed by atoms with Gasteiger partial charge in [0.05, 0.1) is 5.56 Å². The molecule has 10 heteroatoms. The van der Waals surface area contributed by atoms with E-state index >= 15 is 0 Å². The van der Waals surface area contributed by atoms with Crippen LogP contribution in [0.2, 0.25) is 0 Å². The Balaban J connectivity index is 1.68. The van der Waals surface area contributed by atoms with E-state index in [1.807, 2.05) is 31.2 Å². The Morgan fingerprint density at radius 3 is 2.43 bits per heavy atom. The molecule has 1 atom stereocenters. The number of sulfonamides is 1. The zero-order valence-electron chi connectivity index (χ0n) is 19.9. The first-order chi connectivity index (χ1) is 16.7. The highest BCUT2D eigenvalue weighted by atomic mass is 79.9. The van der Waals surface area contributed by atoms with Crippen molar-refractivity contribution in [3.63, 3.8) is 0 Å². The van der Waals surface area contributed by atoms with Crippen LogP contribution >= 0.6 is 15.9 Å². The van der Waals surface area contributed by atoms with Crippen molar-refractivity contribution in [2.45, 2.75) is 57.0 Å². The second kappa shape index (κ2) is 11.8. The molecular formula is C25H30BrN3O5S. The summed E-state index contributed by atoms with van der Waals surface area (Å²) >= 11 is 3.39. The minimum atomic E-state index is -3.92. The molecule has 2 aromatic rings. The van der Waals surface area contributed by atoms with Gasteiger partial charge in [-0.25, -0.2) is 12.7 Å². The number of carbonyl (C=O) groups is 3. The quantitative estimate of drug-likeness (QED) is 0.420. The number of amides is 3. The number of rotatable bonds is 11. The Labute approximate surface area is 214 Å². The van der Waals surface area contributed by atoms with E-state index < -0.39 is 22.0 Å². The molecule has 1 aliphatic rings. The molecule has 3 rings (SSSR count). The van der Waals surface area contributed by atoms with Crippen molar-refractivity contribution >= 4 is 43.7 Å². The van der Waals surface area contributed by atoms with Crippen LogP contribution in [0.4, 0.5) is 0 Å². The SMILES string of the molecule is CCCCNC(=O)C(C)N(Cc1ccc(Br)cc1)C(=O)CCCN1C(=O)c2ccccc2S1(=O)=O. The number of fused-ring (bicyclic) bond motifs is 1. The number of unbranched alkanes of at least 4 members (excludes halogenated alkanes) is 1. The van der Waals surface area contributed by atoms with Crippen molar-refractivity contribution in [1.82, 2.24) is 14.5 Å². The largest absolute Gasteiger partial charge is 0.354 e. The molecule has 188 valence electrons. The molecule has 0 saturated heterocycles. The van der Waals surface area contributed by atoms with Gasteiger partial charge < -0.3 is 10.2 Å². The molecule has 0 bridgehead atoms. The highest BCUT2D eigenvalue weighted by Crippen LogP contribution is 2.30. The molecule has 0 radical (unpaired) electrons. The molecule has 35 heavy (non-hydrogen) atoms. The molecular weight excluding hydrogens is 534 g/mol. The number of carbonyl (C=O) groups excluding carboxylic acids is 3. The summed E-state index contributed by atoms with van der Waals surface area (Å²) in [4.78, 5) is 40.0. The Morgan fingerprint density at radius 2 is 1.77 bits per heavy atom. The summed E-state index contributed by atoms with van der Waals surface area (Å²) in [6.45, 7) is 4.38. The molecule has 0 aromatic heterocycles. The monoisotopic (exact) mass is 563 g/mol. The summed E-state index contributed by atoms with van der Waals surface area (Å²) in [5, 5.41) is 2.87. The van der Waals surface area contributed by atoms with Crippen LogP contribution in [-0.2, 0) is 26.2 Å². The lowest BCUT2D eigenvalue weighted by Crippen LogP contribution is -2.47.